The van der Waals surface area contributed by atoms with Crippen molar-refractivity contribution < 1.29 is 57.7 Å². The summed E-state index contributed by atoms with van der Waals surface area (Å²) in [6.45, 7) is 32.6. The minimum Gasteiger partial charge on any atom is -0.496 e. The molecule has 12 nitrogen and oxygen atoms in total. The summed E-state index contributed by atoms with van der Waals surface area (Å²) in [5.41, 5.74) is 2.36. The van der Waals surface area contributed by atoms with Gasteiger partial charge in [0, 0.05) is 54.5 Å². The van der Waals surface area contributed by atoms with Crippen LogP contribution in [0, 0.1) is 11.3 Å². The van der Waals surface area contributed by atoms with Crippen molar-refractivity contribution in [2.45, 2.75) is 296 Å². The maximum Gasteiger partial charge on any atom is 0.331 e. The normalized spacial score (nSPS) is 29.7. The van der Waals surface area contributed by atoms with Crippen molar-refractivity contribution in [2.24, 2.45) is 11.3 Å². The SMILES string of the molecule is C=C1C=C(C)CC2CC(OC(=O)C=C(C)C=CCC(O)C1)C(C)(C(O)C=C(C)CC1OC(C)(C)OC(CC3OC(C)(C)OC(CC(CC(=C)C(=CBr)OC)OC(=O)CCCCCCCCCCCCCCC)C3C)C1(C)C)O2. The molecule has 0 aromatic heterocycles. The number of halogens is 1. The number of aliphatic hydroxyl groups is 2. The molecule has 11 atom stereocenters. The molecular weight excluding hydrogens is 1050 g/mol. The molecule has 13 heteroatoms. The standard InChI is InChI=1S/C65H105BrO12/c1-16-17-18-19-20-21-22-23-24-25-26-27-28-32-60(69)72-51(39-48(6)55(43-66)71-15)40-53-49(7)54(76-63(10,11)75-53)42-58-62(8,9)57(77-64(12,13)78-58)37-47(5)36-56(68)65(14)59-41-52(74-65)35-46(4)33-45(3)34-50(67)31-29-30-44(2)38-61(70)73-59/h29-30,33,36,38,43,49-54,56-59,67-68H,3,6,16-28,31-32,34-35,37,39-42H2,1-2,4-5,7-15H3. The molecule has 0 amide bonds. The van der Waals surface area contributed by atoms with E-state index in [2.05, 4.69) is 56.8 Å². The van der Waals surface area contributed by atoms with E-state index in [4.69, 9.17) is 37.9 Å². The maximum atomic E-state index is 13.5. The zero-order valence-electron chi connectivity index (χ0n) is 50.6. The van der Waals surface area contributed by atoms with Gasteiger partial charge in [0.1, 0.15) is 29.7 Å². The molecule has 0 aliphatic carbocycles. The molecule has 2 bridgehead atoms. The molecule has 4 heterocycles. The lowest BCUT2D eigenvalue weighted by atomic mass is 9.73. The molecule has 444 valence electrons. The minimum absolute atomic E-state index is 0.107. The highest BCUT2D eigenvalue weighted by Gasteiger charge is 2.54. The van der Waals surface area contributed by atoms with Crippen LogP contribution in [0.1, 0.15) is 224 Å². The summed E-state index contributed by atoms with van der Waals surface area (Å²) in [6.07, 6.45) is 24.5. The summed E-state index contributed by atoms with van der Waals surface area (Å²) in [7, 11) is 1.60. The van der Waals surface area contributed by atoms with Gasteiger partial charge < -0.3 is 48.1 Å². The molecule has 0 saturated carbocycles. The van der Waals surface area contributed by atoms with Gasteiger partial charge in [0.05, 0.1) is 43.7 Å². The van der Waals surface area contributed by atoms with E-state index in [1.54, 1.807) is 18.2 Å². The predicted octanol–water partition coefficient (Wildman–Crippen LogP) is 15.4. The fourth-order valence-electron chi connectivity index (χ4n) is 11.8. The Balaban J connectivity index is 1.45. The average Bonchev–Trinajstić information content (AvgIpc) is 3.64. The molecule has 3 saturated heterocycles. The third-order valence-corrected chi connectivity index (χ3v) is 16.8. The van der Waals surface area contributed by atoms with Gasteiger partial charge in [0.2, 0.25) is 0 Å². The van der Waals surface area contributed by atoms with E-state index in [9.17, 15) is 19.8 Å². The fourth-order valence-corrected chi connectivity index (χ4v) is 12.3. The molecule has 4 aliphatic rings. The Labute approximate surface area is 480 Å². The van der Waals surface area contributed by atoms with Gasteiger partial charge in [-0.15, -0.1) is 0 Å². The third kappa shape index (κ3) is 22.1. The van der Waals surface area contributed by atoms with Gasteiger partial charge in [-0.1, -0.05) is 175 Å². The second kappa shape index (κ2) is 32.1. The van der Waals surface area contributed by atoms with E-state index in [1.165, 1.54) is 70.3 Å². The number of fused-ring (bicyclic) bond motifs is 2. The predicted molar refractivity (Wildman–Crippen MR) is 316 cm³/mol. The number of methoxy groups -OCH3 is 1. The van der Waals surface area contributed by atoms with Crippen molar-refractivity contribution in [1.29, 1.82) is 0 Å². The number of carbonyl (C=O) groups is 2. The number of unbranched alkanes of at least 4 members (excludes halogenated alkanes) is 12. The number of esters is 2. The summed E-state index contributed by atoms with van der Waals surface area (Å²) in [5.74, 6) is -2.13. The van der Waals surface area contributed by atoms with Crippen molar-refractivity contribution in [3.8, 4) is 0 Å². The number of aliphatic hydroxyl groups excluding tert-OH is 2. The Morgan fingerprint density at radius 3 is 2.06 bits per heavy atom. The fraction of sp³-hybridized carbons (Fsp3) is 0.754. The highest BCUT2D eigenvalue weighted by Crippen LogP contribution is 2.47. The first-order chi connectivity index (χ1) is 36.7. The maximum absolute atomic E-state index is 13.5. The minimum atomic E-state index is -1.25. The van der Waals surface area contributed by atoms with Crippen molar-refractivity contribution in [1.82, 2.24) is 0 Å². The molecule has 0 radical (unpaired) electrons. The first kappa shape index (κ1) is 67.6. The number of rotatable bonds is 27. The largest absolute Gasteiger partial charge is 0.496 e. The van der Waals surface area contributed by atoms with Crippen LogP contribution < -0.4 is 0 Å². The molecule has 78 heavy (non-hydrogen) atoms. The number of allylic oxidation sites excluding steroid dienone is 4. The summed E-state index contributed by atoms with van der Waals surface area (Å²) in [5, 5.41) is 22.7. The Bertz CT molecular complexity index is 2080. The Kier molecular flexibility index (Phi) is 27.8. The lowest BCUT2D eigenvalue weighted by Gasteiger charge is -2.53. The van der Waals surface area contributed by atoms with Gasteiger partial charge in [-0.25, -0.2) is 4.79 Å². The van der Waals surface area contributed by atoms with Crippen LogP contribution in [-0.4, -0.2) is 101 Å². The van der Waals surface area contributed by atoms with E-state index < -0.39 is 53.0 Å². The van der Waals surface area contributed by atoms with Crippen LogP contribution in [0.15, 0.2) is 82.1 Å². The quantitative estimate of drug-likeness (QED) is 0.0265. The smallest absolute Gasteiger partial charge is 0.331 e. The Morgan fingerprint density at radius 2 is 1.45 bits per heavy atom. The van der Waals surface area contributed by atoms with Crippen LogP contribution in [0.5, 0.6) is 0 Å². The number of hydrogen-bond acceptors (Lipinski definition) is 12. The van der Waals surface area contributed by atoms with E-state index in [-0.39, 0.29) is 42.4 Å². The molecule has 0 spiro atoms. The molecule has 2 N–H and O–H groups in total. The zero-order chi connectivity index (χ0) is 57.8. The molecule has 4 rings (SSSR count). The molecule has 3 fully saturated rings. The van der Waals surface area contributed by atoms with Crippen molar-refractivity contribution in [2.75, 3.05) is 7.11 Å². The van der Waals surface area contributed by atoms with Gasteiger partial charge in [-0.05, 0) is 98.6 Å². The Morgan fingerprint density at radius 1 is 0.859 bits per heavy atom. The lowest BCUT2D eigenvalue weighted by molar-refractivity contribution is -0.360. The Hall–Kier alpha value is -2.88. The first-order valence-corrected chi connectivity index (χ1v) is 30.7. The number of hydrogen-bond donors (Lipinski definition) is 2. The van der Waals surface area contributed by atoms with Crippen LogP contribution >= 0.6 is 15.9 Å². The van der Waals surface area contributed by atoms with Gasteiger partial charge in [0.15, 0.2) is 11.6 Å². The second-order valence-electron chi connectivity index (χ2n) is 25.1. The number of carbonyl (C=O) groups excluding carboxylic acids is 2. The van der Waals surface area contributed by atoms with Crippen LogP contribution in [0.3, 0.4) is 0 Å². The van der Waals surface area contributed by atoms with Gasteiger partial charge >= 0.3 is 11.9 Å². The van der Waals surface area contributed by atoms with Crippen molar-refractivity contribution in [3.63, 3.8) is 0 Å². The van der Waals surface area contributed by atoms with Gasteiger partial charge in [-0.3, -0.25) is 4.79 Å². The first-order valence-electron chi connectivity index (χ1n) is 29.8. The summed E-state index contributed by atoms with van der Waals surface area (Å²) >= 11 is 3.41. The van der Waals surface area contributed by atoms with E-state index in [0.29, 0.717) is 74.7 Å². The summed E-state index contributed by atoms with van der Waals surface area (Å²) < 4.78 is 51.8. The molecule has 0 aromatic carbocycles. The molecular formula is C65H105BrO12. The van der Waals surface area contributed by atoms with Crippen LogP contribution in [-0.2, 0) is 47.5 Å². The van der Waals surface area contributed by atoms with Crippen molar-refractivity contribution in [3.05, 3.63) is 82.1 Å². The topological polar surface area (TPSA) is 148 Å². The number of ether oxygens (including phenoxy) is 8. The molecule has 11 unspecified atom stereocenters. The van der Waals surface area contributed by atoms with E-state index >= 15 is 0 Å². The van der Waals surface area contributed by atoms with Gasteiger partial charge in [0.25, 0.3) is 0 Å². The average molecular weight is 1160 g/mol. The second-order valence-corrected chi connectivity index (χ2v) is 25.5. The monoisotopic (exact) mass is 1160 g/mol. The highest BCUT2D eigenvalue weighted by atomic mass is 79.9. The third-order valence-electron chi connectivity index (χ3n) is 16.4. The summed E-state index contributed by atoms with van der Waals surface area (Å²) in [6, 6.07) is 0. The van der Waals surface area contributed by atoms with E-state index in [1.807, 2.05) is 73.6 Å². The van der Waals surface area contributed by atoms with Crippen LogP contribution in [0.25, 0.3) is 0 Å². The van der Waals surface area contributed by atoms with Crippen LogP contribution in [0.2, 0.25) is 0 Å². The zero-order valence-corrected chi connectivity index (χ0v) is 52.1. The van der Waals surface area contributed by atoms with Gasteiger partial charge in [-0.2, -0.15) is 0 Å². The molecule has 4 aliphatic heterocycles. The summed E-state index contributed by atoms with van der Waals surface area (Å²) in [4.78, 5) is 28.6. The lowest BCUT2D eigenvalue weighted by Crippen LogP contribution is -2.59. The van der Waals surface area contributed by atoms with Crippen molar-refractivity contribution >= 4 is 27.9 Å². The highest BCUT2D eigenvalue weighted by molar-refractivity contribution is 9.11. The molecule has 0 aromatic rings. The van der Waals surface area contributed by atoms with E-state index in [0.717, 1.165) is 36.0 Å². The van der Waals surface area contributed by atoms with Crippen LogP contribution in [0.4, 0.5) is 0 Å².